The summed E-state index contributed by atoms with van der Waals surface area (Å²) in [6, 6.07) is 11.3. The topological polar surface area (TPSA) is 156 Å². The molecule has 5 N–H and O–H groups in total. The normalized spacial score (nSPS) is 14.1. The second-order valence-electron chi connectivity index (χ2n) is 8.68. The summed E-state index contributed by atoms with van der Waals surface area (Å²) in [5.74, 6) is -0.430. The highest BCUT2D eigenvalue weighted by molar-refractivity contribution is 7.51. The van der Waals surface area contributed by atoms with Gasteiger partial charge in [-0.1, -0.05) is 18.2 Å². The molecular formula is C27H30N3O6P. The summed E-state index contributed by atoms with van der Waals surface area (Å²) >= 11 is 0. The molecule has 0 aliphatic rings. The zero-order chi connectivity index (χ0) is 30.2. The van der Waals surface area contributed by atoms with Gasteiger partial charge in [0.25, 0.3) is 0 Å². The van der Waals surface area contributed by atoms with Crippen LogP contribution in [0.2, 0.25) is 0 Å². The number of fused-ring (bicyclic) bond motifs is 3. The number of aliphatic carboxylic acids is 1. The Balaban J connectivity index is 1.66. The lowest BCUT2D eigenvalue weighted by Gasteiger charge is -2.12. The van der Waals surface area contributed by atoms with Crippen LogP contribution in [0.5, 0.6) is 5.75 Å². The number of ether oxygens (including phenoxy) is 1. The van der Waals surface area contributed by atoms with E-state index >= 15 is 0 Å². The number of anilines is 1. The van der Waals surface area contributed by atoms with Crippen LogP contribution in [0, 0.1) is 6.92 Å². The molecule has 0 spiro atoms. The first-order valence-electron chi connectivity index (χ1n) is 13.6. The van der Waals surface area contributed by atoms with E-state index in [-0.39, 0.29) is 42.6 Å². The highest BCUT2D eigenvalue weighted by Crippen LogP contribution is 2.35. The maximum atomic E-state index is 11.0. The molecule has 2 aromatic carbocycles. The van der Waals surface area contributed by atoms with Crippen LogP contribution in [0.3, 0.4) is 0 Å². The first kappa shape index (κ1) is 21.6. The maximum Gasteiger partial charge on any atom is 0.325 e. The van der Waals surface area contributed by atoms with Crippen LogP contribution in [-0.2, 0) is 28.5 Å². The van der Waals surface area contributed by atoms with Crippen molar-refractivity contribution in [1.82, 2.24) is 9.97 Å². The number of hydrogen-bond acceptors (Lipinski definition) is 6. The Morgan fingerprint density at radius 3 is 2.65 bits per heavy atom. The van der Waals surface area contributed by atoms with Crippen molar-refractivity contribution in [1.29, 1.82) is 0 Å². The summed E-state index contributed by atoms with van der Waals surface area (Å²) in [6.07, 6.45) is -3.68. The molecule has 0 radical (unpaired) electrons. The number of carboxylic acids is 1. The summed E-state index contributed by atoms with van der Waals surface area (Å²) in [7, 11) is -4.12. The van der Waals surface area contributed by atoms with Gasteiger partial charge in [-0.15, -0.1) is 0 Å². The van der Waals surface area contributed by atoms with Gasteiger partial charge in [-0.2, -0.15) is 0 Å². The molecule has 0 unspecified atom stereocenters. The number of nitrogens with two attached hydrogens (primary N) is 1. The van der Waals surface area contributed by atoms with Gasteiger partial charge in [0.15, 0.2) is 5.82 Å². The number of carbonyl (C=O) groups is 1. The number of nitrogen functional groups attached to an aromatic ring is 1. The van der Waals surface area contributed by atoms with E-state index in [2.05, 4.69) is 9.97 Å². The molecule has 2 heterocycles. The van der Waals surface area contributed by atoms with Gasteiger partial charge < -0.3 is 25.4 Å². The highest BCUT2D eigenvalue weighted by Gasteiger charge is 2.13. The molecular weight excluding hydrogens is 493 g/mol. The molecule has 10 heteroatoms. The monoisotopic (exact) mass is 527 g/mol. The average molecular weight is 528 g/mol. The van der Waals surface area contributed by atoms with Crippen molar-refractivity contribution in [3.63, 3.8) is 0 Å². The van der Waals surface area contributed by atoms with E-state index in [0.717, 1.165) is 5.56 Å². The molecule has 0 bridgehead atoms. The predicted octanol–water partition coefficient (Wildman–Crippen LogP) is 4.42. The van der Waals surface area contributed by atoms with Gasteiger partial charge in [-0.3, -0.25) is 14.3 Å². The third kappa shape index (κ3) is 7.04. The molecule has 0 saturated carbocycles. The minimum absolute atomic E-state index is 0.00554. The Morgan fingerprint density at radius 2 is 1.92 bits per heavy atom. The van der Waals surface area contributed by atoms with E-state index in [4.69, 9.17) is 30.8 Å². The molecule has 0 atom stereocenters. The van der Waals surface area contributed by atoms with Crippen molar-refractivity contribution in [2.45, 2.75) is 38.9 Å². The smallest absolute Gasteiger partial charge is 0.325 e. The summed E-state index contributed by atoms with van der Waals surface area (Å²) < 4.78 is 51.9. The second-order valence-corrected chi connectivity index (χ2v) is 10.5. The van der Waals surface area contributed by atoms with E-state index in [1.807, 2.05) is 0 Å². The quantitative estimate of drug-likeness (QED) is 0.126. The first-order valence-corrected chi connectivity index (χ1v) is 13.4. The van der Waals surface area contributed by atoms with Gasteiger partial charge in [-0.25, -0.2) is 4.98 Å². The molecule has 0 amide bonds. The number of benzene rings is 2. The third-order valence-electron chi connectivity index (χ3n) is 5.75. The lowest BCUT2D eigenvalue weighted by molar-refractivity contribution is -0.136. The molecule has 4 rings (SSSR count). The number of hydrogen-bond donors (Lipinski definition) is 4. The number of pyridine rings is 2. The van der Waals surface area contributed by atoms with Crippen molar-refractivity contribution in [2.75, 3.05) is 18.5 Å². The molecule has 4 aromatic rings. The highest BCUT2D eigenvalue weighted by atomic mass is 31.2. The van der Waals surface area contributed by atoms with E-state index in [0.29, 0.717) is 39.5 Å². The fraction of sp³-hybridized carbons (Fsp3) is 0.296. The van der Waals surface area contributed by atoms with E-state index in [1.54, 1.807) is 31.2 Å². The SMILES string of the molecule is [2H]C([2H])(c1cnc2c(N)nc3cc(CCC(=O)O)ccc3c2c1)C([2H])([2H])c1ccc(OCCCP(=O)(O)O)cc1C. The average Bonchev–Trinajstić information content (AvgIpc) is 2.89. The van der Waals surface area contributed by atoms with Crippen molar-refractivity contribution < 1.29 is 34.5 Å². The van der Waals surface area contributed by atoms with Crippen LogP contribution in [0.4, 0.5) is 5.82 Å². The summed E-state index contributed by atoms with van der Waals surface area (Å²) in [6.45, 7) is 1.69. The fourth-order valence-electron chi connectivity index (χ4n) is 3.90. The largest absolute Gasteiger partial charge is 0.494 e. The van der Waals surface area contributed by atoms with Crippen molar-refractivity contribution in [2.24, 2.45) is 0 Å². The molecule has 2 aromatic heterocycles. The van der Waals surface area contributed by atoms with Crippen molar-refractivity contribution >= 4 is 41.2 Å². The molecule has 0 aliphatic heterocycles. The predicted molar refractivity (Wildman–Crippen MR) is 143 cm³/mol. The van der Waals surface area contributed by atoms with Gasteiger partial charge in [0.1, 0.15) is 11.3 Å². The minimum Gasteiger partial charge on any atom is -0.494 e. The Hall–Kier alpha value is -3.52. The van der Waals surface area contributed by atoms with Gasteiger partial charge >= 0.3 is 13.6 Å². The molecule has 194 valence electrons. The van der Waals surface area contributed by atoms with Crippen molar-refractivity contribution in [3.05, 3.63) is 70.9 Å². The molecule has 0 aliphatic carbocycles. The van der Waals surface area contributed by atoms with Crippen LogP contribution in [0.15, 0.2) is 48.7 Å². The standard InChI is InChI=1S/C27H30N3O6P/c1-17-13-21(36-11-2-12-37(33,34)35)8-7-20(17)6-3-19-14-23-22-9-4-18(5-10-25(31)32)15-24(22)30-27(28)26(23)29-16-19/h4,7-9,13-16H,2-3,5-6,10-12H2,1H3,(H2,28,30)(H,31,32)(H2,33,34,35)/i3D2,6D2. The Bertz CT molecular complexity index is 1680. The zero-order valence-corrected chi connectivity index (χ0v) is 21.0. The number of rotatable bonds is 11. The van der Waals surface area contributed by atoms with E-state index < -0.39 is 26.3 Å². The third-order valence-corrected chi connectivity index (χ3v) is 6.65. The van der Waals surface area contributed by atoms with Crippen LogP contribution in [0.25, 0.3) is 21.8 Å². The zero-order valence-electron chi connectivity index (χ0n) is 24.1. The Morgan fingerprint density at radius 1 is 1.11 bits per heavy atom. The van der Waals surface area contributed by atoms with Gasteiger partial charge in [0, 0.05) is 28.9 Å². The number of aromatic nitrogens is 2. The van der Waals surface area contributed by atoms with Crippen molar-refractivity contribution in [3.8, 4) is 5.75 Å². The van der Waals surface area contributed by atoms with Crippen LogP contribution < -0.4 is 10.5 Å². The van der Waals surface area contributed by atoms with Gasteiger partial charge in [0.05, 0.1) is 18.3 Å². The molecule has 0 saturated heterocycles. The molecule has 37 heavy (non-hydrogen) atoms. The van der Waals surface area contributed by atoms with E-state index in [9.17, 15) is 9.36 Å². The second kappa shape index (κ2) is 11.3. The van der Waals surface area contributed by atoms with E-state index in [1.165, 1.54) is 24.4 Å². The summed E-state index contributed by atoms with van der Waals surface area (Å²) in [5, 5.41) is 10.1. The summed E-state index contributed by atoms with van der Waals surface area (Å²) in [5.41, 5.74) is 8.27. The fourth-order valence-corrected chi connectivity index (χ4v) is 4.44. The lowest BCUT2D eigenvalue weighted by atomic mass is 9.99. The molecule has 9 nitrogen and oxygen atoms in total. The maximum absolute atomic E-state index is 11.0. The minimum atomic E-state index is -4.12. The van der Waals surface area contributed by atoms with Crippen LogP contribution >= 0.6 is 7.60 Å². The molecule has 0 fully saturated rings. The van der Waals surface area contributed by atoms with Crippen LogP contribution in [0.1, 0.15) is 40.6 Å². The number of carboxylic acid groups (broad SMARTS) is 1. The van der Waals surface area contributed by atoms with Crippen LogP contribution in [-0.4, -0.2) is 43.6 Å². The Labute approximate surface area is 220 Å². The number of nitrogens with zero attached hydrogens (tertiary/aromatic N) is 2. The van der Waals surface area contributed by atoms with Gasteiger partial charge in [-0.05, 0) is 79.0 Å². The Kier molecular flexibility index (Phi) is 6.56. The lowest BCUT2D eigenvalue weighted by Crippen LogP contribution is -2.02. The first-order chi connectivity index (χ1) is 19.1. The van der Waals surface area contributed by atoms with Gasteiger partial charge in [0.2, 0.25) is 0 Å². The summed E-state index contributed by atoms with van der Waals surface area (Å²) in [4.78, 5) is 37.6. The number of aryl methyl sites for hydroxylation is 4.